The number of benzene rings is 1. The van der Waals surface area contributed by atoms with E-state index >= 15 is 0 Å². The lowest BCUT2D eigenvalue weighted by Gasteiger charge is -2.03. The molecule has 0 saturated carbocycles. The lowest BCUT2D eigenvalue weighted by Crippen LogP contribution is -2.04. The van der Waals surface area contributed by atoms with Gasteiger partial charge in [0.05, 0.1) is 18.7 Å². The van der Waals surface area contributed by atoms with Crippen LogP contribution >= 0.6 is 0 Å². The van der Waals surface area contributed by atoms with Crippen LogP contribution in [0.3, 0.4) is 0 Å². The number of rotatable bonds is 4. The number of hydrogen-bond donors (Lipinski definition) is 1. The molecule has 0 atom stereocenters. The highest BCUT2D eigenvalue weighted by atomic mass is 16.4. The van der Waals surface area contributed by atoms with Gasteiger partial charge in [0.2, 0.25) is 0 Å². The van der Waals surface area contributed by atoms with Crippen LogP contribution in [0, 0.1) is 20.8 Å². The first-order chi connectivity index (χ1) is 8.97. The van der Waals surface area contributed by atoms with E-state index in [-0.39, 0.29) is 6.42 Å². The first kappa shape index (κ1) is 13.3. The van der Waals surface area contributed by atoms with Gasteiger partial charge >= 0.3 is 5.97 Å². The van der Waals surface area contributed by atoms with Crippen LogP contribution in [-0.2, 0) is 11.3 Å². The summed E-state index contributed by atoms with van der Waals surface area (Å²) in [6, 6.07) is 6.31. The number of aromatic nitrogens is 2. The van der Waals surface area contributed by atoms with Crippen molar-refractivity contribution in [3.05, 3.63) is 41.2 Å². The molecule has 0 amide bonds. The third-order valence-corrected chi connectivity index (χ3v) is 3.32. The molecule has 2 rings (SSSR count). The van der Waals surface area contributed by atoms with Crippen molar-refractivity contribution < 1.29 is 9.90 Å². The predicted octanol–water partition coefficient (Wildman–Crippen LogP) is 2.95. The molecule has 0 fully saturated rings. The molecule has 0 bridgehead atoms. The number of hydrogen-bond acceptors (Lipinski definition) is 2. The Morgan fingerprint density at radius 3 is 2.63 bits per heavy atom. The molecular weight excluding hydrogens is 240 g/mol. The summed E-state index contributed by atoms with van der Waals surface area (Å²) in [6.45, 7) is 6.52. The Kier molecular flexibility index (Phi) is 3.69. The molecular formula is C15H18N2O2. The van der Waals surface area contributed by atoms with E-state index in [4.69, 9.17) is 5.11 Å². The van der Waals surface area contributed by atoms with Crippen LogP contribution in [0.15, 0.2) is 24.4 Å². The Balaban J connectivity index is 2.29. The number of carboxylic acid groups (broad SMARTS) is 1. The van der Waals surface area contributed by atoms with Gasteiger partial charge in [0.25, 0.3) is 0 Å². The van der Waals surface area contributed by atoms with Crippen LogP contribution in [0.2, 0.25) is 0 Å². The molecule has 1 aromatic heterocycles. The van der Waals surface area contributed by atoms with Gasteiger partial charge in [0.15, 0.2) is 0 Å². The molecule has 1 N–H and O–H groups in total. The summed E-state index contributed by atoms with van der Waals surface area (Å²) in [5, 5.41) is 13.1. The molecule has 1 aromatic carbocycles. The maximum atomic E-state index is 10.6. The van der Waals surface area contributed by atoms with Gasteiger partial charge in [-0.05, 0) is 37.5 Å². The van der Waals surface area contributed by atoms with Gasteiger partial charge < -0.3 is 5.11 Å². The minimum atomic E-state index is -0.805. The fourth-order valence-electron chi connectivity index (χ4n) is 2.03. The first-order valence-corrected chi connectivity index (χ1v) is 6.31. The molecule has 100 valence electrons. The molecule has 19 heavy (non-hydrogen) atoms. The van der Waals surface area contributed by atoms with Crippen molar-refractivity contribution in [1.29, 1.82) is 0 Å². The Morgan fingerprint density at radius 2 is 2.00 bits per heavy atom. The number of aryl methyl sites for hydroxylation is 4. The highest BCUT2D eigenvalue weighted by Crippen LogP contribution is 2.24. The summed E-state index contributed by atoms with van der Waals surface area (Å²) in [4.78, 5) is 10.6. The first-order valence-electron chi connectivity index (χ1n) is 6.31. The van der Waals surface area contributed by atoms with Gasteiger partial charge in [-0.1, -0.05) is 18.2 Å². The van der Waals surface area contributed by atoms with Crippen LogP contribution in [0.5, 0.6) is 0 Å². The molecule has 2 aromatic rings. The summed E-state index contributed by atoms with van der Waals surface area (Å²) in [5.41, 5.74) is 5.62. The Morgan fingerprint density at radius 1 is 1.26 bits per heavy atom. The van der Waals surface area contributed by atoms with Crippen LogP contribution in [0.1, 0.15) is 23.2 Å². The Hall–Kier alpha value is -2.10. The minimum Gasteiger partial charge on any atom is -0.481 e. The average Bonchev–Trinajstić information content (AvgIpc) is 2.72. The van der Waals surface area contributed by atoms with Crippen LogP contribution < -0.4 is 0 Å². The number of carboxylic acids is 1. The monoisotopic (exact) mass is 258 g/mol. The standard InChI is InChI=1S/C15H18N2O2/c1-10-4-5-13(8-11(10)2)14-9-17(16-12(14)3)7-6-15(18)19/h4-5,8-9H,6-7H2,1-3H3,(H,18,19). The lowest BCUT2D eigenvalue weighted by molar-refractivity contribution is -0.137. The van der Waals surface area contributed by atoms with Crippen molar-refractivity contribution in [3.8, 4) is 11.1 Å². The summed E-state index contributed by atoms with van der Waals surface area (Å²) in [6.07, 6.45) is 2.01. The quantitative estimate of drug-likeness (QED) is 0.917. The maximum absolute atomic E-state index is 10.6. The molecule has 0 aliphatic rings. The summed E-state index contributed by atoms with van der Waals surface area (Å²) >= 11 is 0. The Bertz CT molecular complexity index is 615. The van der Waals surface area contributed by atoms with E-state index in [1.807, 2.05) is 13.1 Å². The fraction of sp³-hybridized carbons (Fsp3) is 0.333. The van der Waals surface area contributed by atoms with E-state index < -0.39 is 5.97 Å². The predicted molar refractivity (Wildman–Crippen MR) is 74.1 cm³/mol. The molecule has 4 heteroatoms. The summed E-state index contributed by atoms with van der Waals surface area (Å²) in [5.74, 6) is -0.805. The van der Waals surface area contributed by atoms with E-state index in [1.54, 1.807) is 4.68 Å². The lowest BCUT2D eigenvalue weighted by atomic mass is 10.0. The normalized spacial score (nSPS) is 10.7. The van der Waals surface area contributed by atoms with Crippen molar-refractivity contribution >= 4 is 5.97 Å². The third-order valence-electron chi connectivity index (χ3n) is 3.32. The highest BCUT2D eigenvalue weighted by Gasteiger charge is 2.09. The van der Waals surface area contributed by atoms with Crippen molar-refractivity contribution in [1.82, 2.24) is 9.78 Å². The second-order valence-corrected chi connectivity index (χ2v) is 4.83. The smallest absolute Gasteiger partial charge is 0.305 e. The SMILES string of the molecule is Cc1ccc(-c2cn(CCC(=O)O)nc2C)cc1C. The molecule has 0 radical (unpaired) electrons. The van der Waals surface area contributed by atoms with Gasteiger partial charge in [-0.3, -0.25) is 9.48 Å². The zero-order valence-corrected chi connectivity index (χ0v) is 11.5. The molecule has 0 saturated heterocycles. The van der Waals surface area contributed by atoms with Crippen molar-refractivity contribution in [2.75, 3.05) is 0 Å². The molecule has 0 spiro atoms. The van der Waals surface area contributed by atoms with Gasteiger partial charge in [-0.2, -0.15) is 5.10 Å². The Labute approximate surface area is 112 Å². The van der Waals surface area contributed by atoms with E-state index in [0.717, 1.165) is 16.8 Å². The van der Waals surface area contributed by atoms with Crippen molar-refractivity contribution in [2.24, 2.45) is 0 Å². The minimum absolute atomic E-state index is 0.0908. The van der Waals surface area contributed by atoms with E-state index in [2.05, 4.69) is 37.1 Å². The number of aliphatic carboxylic acids is 1. The largest absolute Gasteiger partial charge is 0.481 e. The van der Waals surface area contributed by atoms with Crippen LogP contribution in [-0.4, -0.2) is 20.9 Å². The molecule has 4 nitrogen and oxygen atoms in total. The summed E-state index contributed by atoms with van der Waals surface area (Å²) < 4.78 is 1.70. The fourth-order valence-corrected chi connectivity index (χ4v) is 2.03. The van der Waals surface area contributed by atoms with Gasteiger partial charge in [-0.15, -0.1) is 0 Å². The zero-order chi connectivity index (χ0) is 14.0. The molecule has 0 aliphatic heterocycles. The summed E-state index contributed by atoms with van der Waals surface area (Å²) in [7, 11) is 0. The second-order valence-electron chi connectivity index (χ2n) is 4.83. The topological polar surface area (TPSA) is 55.1 Å². The third kappa shape index (κ3) is 3.02. The van der Waals surface area contributed by atoms with E-state index in [1.165, 1.54) is 11.1 Å². The molecule has 0 aliphatic carbocycles. The molecule has 1 heterocycles. The van der Waals surface area contributed by atoms with E-state index in [0.29, 0.717) is 6.54 Å². The molecule has 0 unspecified atom stereocenters. The van der Waals surface area contributed by atoms with Crippen LogP contribution in [0.25, 0.3) is 11.1 Å². The maximum Gasteiger partial charge on any atom is 0.305 e. The second kappa shape index (κ2) is 5.26. The number of nitrogens with zero attached hydrogens (tertiary/aromatic N) is 2. The number of carbonyl (C=O) groups is 1. The van der Waals surface area contributed by atoms with Gasteiger partial charge in [-0.25, -0.2) is 0 Å². The van der Waals surface area contributed by atoms with Crippen LogP contribution in [0.4, 0.5) is 0 Å². The van der Waals surface area contributed by atoms with Crippen molar-refractivity contribution in [2.45, 2.75) is 33.7 Å². The van der Waals surface area contributed by atoms with E-state index in [9.17, 15) is 4.79 Å². The zero-order valence-electron chi connectivity index (χ0n) is 11.5. The van der Waals surface area contributed by atoms with Crippen molar-refractivity contribution in [3.63, 3.8) is 0 Å². The van der Waals surface area contributed by atoms with Gasteiger partial charge in [0.1, 0.15) is 0 Å². The average molecular weight is 258 g/mol. The highest BCUT2D eigenvalue weighted by molar-refractivity contribution is 5.67. The van der Waals surface area contributed by atoms with Gasteiger partial charge in [0, 0.05) is 11.8 Å².